The van der Waals surface area contributed by atoms with Crippen LogP contribution in [0.15, 0.2) is 23.2 Å². The van der Waals surface area contributed by atoms with Crippen LogP contribution in [0.1, 0.15) is 40.1 Å². The summed E-state index contributed by atoms with van der Waals surface area (Å²) in [5, 5.41) is 3.41. The summed E-state index contributed by atoms with van der Waals surface area (Å²) in [7, 11) is 4.59. The Hall–Kier alpha value is -2.67. The average molecular weight is 578 g/mol. The predicted octanol–water partition coefficient (Wildman–Crippen LogP) is 4.27. The molecule has 0 atom stereocenters. The highest BCUT2D eigenvalue weighted by Crippen LogP contribution is 2.38. The number of hydrogen-bond acceptors (Lipinski definition) is 9. The first-order chi connectivity index (χ1) is 18.4. The molecule has 38 heavy (non-hydrogen) atoms. The zero-order valence-corrected chi connectivity index (χ0v) is 24.1. The number of thiazole rings is 1. The molecule has 2 heterocycles. The molecular weight excluding hydrogens is 547 g/mol. The first-order valence-corrected chi connectivity index (χ1v) is 15.1. The Morgan fingerprint density at radius 2 is 1.89 bits per heavy atom. The molecule has 0 aliphatic heterocycles. The monoisotopic (exact) mass is 577 g/mol. The Labute approximate surface area is 233 Å². The van der Waals surface area contributed by atoms with E-state index in [4.69, 9.17) is 14.2 Å². The lowest BCUT2D eigenvalue weighted by Crippen LogP contribution is -2.20. The number of nitrogens with zero attached hydrogens (tertiary/aromatic N) is 2. The molecule has 0 unspecified atom stereocenters. The van der Waals surface area contributed by atoms with Crippen molar-refractivity contribution >= 4 is 67.4 Å². The number of thiophene rings is 1. The number of aromatic nitrogens is 1. The van der Waals surface area contributed by atoms with Crippen LogP contribution in [0.5, 0.6) is 5.75 Å². The third-order valence-corrected chi connectivity index (χ3v) is 9.32. The van der Waals surface area contributed by atoms with Crippen molar-refractivity contribution in [2.75, 3.05) is 44.8 Å². The predicted molar refractivity (Wildman–Crippen MR) is 152 cm³/mol. The number of benzene rings is 1. The van der Waals surface area contributed by atoms with Crippen LogP contribution in [0.2, 0.25) is 0 Å². The molecule has 1 N–H and O–H groups in total. The molecule has 3 aromatic rings. The molecular formula is C26H31N3O6S3. The van der Waals surface area contributed by atoms with Gasteiger partial charge in [0.2, 0.25) is 5.91 Å². The number of esters is 1. The maximum absolute atomic E-state index is 12.7. The van der Waals surface area contributed by atoms with Crippen molar-refractivity contribution in [2.24, 2.45) is 4.99 Å². The Kier molecular flexibility index (Phi) is 10.0. The first kappa shape index (κ1) is 28.3. The Bertz CT molecular complexity index is 1390. The van der Waals surface area contributed by atoms with Gasteiger partial charge in [0.05, 0.1) is 48.1 Å². The summed E-state index contributed by atoms with van der Waals surface area (Å²) in [6, 6.07) is 5.73. The maximum Gasteiger partial charge on any atom is 0.341 e. The fourth-order valence-corrected chi connectivity index (χ4v) is 7.34. The largest absolute Gasteiger partial charge is 0.497 e. The third-order valence-electron chi connectivity index (χ3n) is 6.15. The van der Waals surface area contributed by atoms with E-state index in [-0.39, 0.29) is 23.3 Å². The van der Waals surface area contributed by atoms with Gasteiger partial charge in [0.1, 0.15) is 10.8 Å². The number of nitrogens with one attached hydrogen (secondary N) is 1. The summed E-state index contributed by atoms with van der Waals surface area (Å²) in [4.78, 5) is 43.9. The summed E-state index contributed by atoms with van der Waals surface area (Å²) in [6.07, 6.45) is 4.93. The number of anilines is 1. The van der Waals surface area contributed by atoms with Gasteiger partial charge in [0, 0.05) is 18.5 Å². The van der Waals surface area contributed by atoms with Crippen molar-refractivity contribution in [1.29, 1.82) is 0 Å². The zero-order valence-electron chi connectivity index (χ0n) is 21.7. The Balaban J connectivity index is 1.42. The lowest BCUT2D eigenvalue weighted by atomic mass is 10.1. The normalized spacial score (nSPS) is 13.7. The lowest BCUT2D eigenvalue weighted by molar-refractivity contribution is -0.115. The molecule has 0 spiro atoms. The lowest BCUT2D eigenvalue weighted by Gasteiger charge is -2.07. The maximum atomic E-state index is 12.7. The molecule has 0 radical (unpaired) electrons. The summed E-state index contributed by atoms with van der Waals surface area (Å²) in [5.74, 6) is -0.171. The quantitative estimate of drug-likeness (QED) is 0.283. The number of methoxy groups -OCH3 is 3. The van der Waals surface area contributed by atoms with Gasteiger partial charge in [-0.15, -0.1) is 23.1 Å². The van der Waals surface area contributed by atoms with Gasteiger partial charge in [0.25, 0.3) is 5.91 Å². The number of thioether (sulfide) groups is 1. The molecule has 12 heteroatoms. The van der Waals surface area contributed by atoms with Crippen molar-refractivity contribution in [1.82, 2.24) is 4.57 Å². The van der Waals surface area contributed by atoms with Crippen molar-refractivity contribution in [2.45, 2.75) is 38.6 Å². The van der Waals surface area contributed by atoms with Crippen LogP contribution in [-0.2, 0) is 38.4 Å². The van der Waals surface area contributed by atoms with Crippen molar-refractivity contribution in [3.8, 4) is 5.75 Å². The van der Waals surface area contributed by atoms with Gasteiger partial charge in [0.15, 0.2) is 4.80 Å². The third kappa shape index (κ3) is 6.66. The van der Waals surface area contributed by atoms with Gasteiger partial charge in [-0.05, 0) is 49.4 Å². The van der Waals surface area contributed by atoms with Crippen molar-refractivity contribution in [3.05, 3.63) is 39.0 Å². The molecule has 0 fully saturated rings. The fraction of sp³-hybridized carbons (Fsp3) is 0.462. The first-order valence-electron chi connectivity index (χ1n) is 12.3. The van der Waals surface area contributed by atoms with Gasteiger partial charge in [-0.1, -0.05) is 17.8 Å². The van der Waals surface area contributed by atoms with E-state index in [1.54, 1.807) is 14.2 Å². The highest BCUT2D eigenvalue weighted by molar-refractivity contribution is 8.00. The number of ether oxygens (including phenoxy) is 3. The highest BCUT2D eigenvalue weighted by atomic mass is 32.2. The van der Waals surface area contributed by atoms with Crippen LogP contribution in [-0.4, -0.2) is 61.8 Å². The van der Waals surface area contributed by atoms with E-state index < -0.39 is 5.97 Å². The van der Waals surface area contributed by atoms with Gasteiger partial charge in [-0.2, -0.15) is 4.99 Å². The van der Waals surface area contributed by atoms with Crippen LogP contribution in [0, 0.1) is 0 Å². The van der Waals surface area contributed by atoms with E-state index in [9.17, 15) is 14.4 Å². The van der Waals surface area contributed by atoms with E-state index in [1.807, 2.05) is 22.8 Å². The minimum absolute atomic E-state index is 0.0556. The second-order valence-corrected chi connectivity index (χ2v) is 11.8. The smallest absolute Gasteiger partial charge is 0.341 e. The second kappa shape index (κ2) is 13.4. The van der Waals surface area contributed by atoms with Crippen LogP contribution in [0.25, 0.3) is 10.2 Å². The van der Waals surface area contributed by atoms with Crippen LogP contribution < -0.4 is 14.9 Å². The molecule has 1 aliphatic rings. The second-order valence-electron chi connectivity index (χ2n) is 8.67. The van der Waals surface area contributed by atoms with E-state index >= 15 is 0 Å². The van der Waals surface area contributed by atoms with Gasteiger partial charge in [-0.3, -0.25) is 9.59 Å². The number of fused-ring (bicyclic) bond motifs is 2. The Morgan fingerprint density at radius 1 is 1.08 bits per heavy atom. The average Bonchev–Trinajstić information content (AvgIpc) is 3.32. The molecule has 1 aromatic carbocycles. The number of aryl methyl sites for hydroxylation is 1. The summed E-state index contributed by atoms with van der Waals surface area (Å²) < 4.78 is 18.5. The molecule has 0 bridgehead atoms. The highest BCUT2D eigenvalue weighted by Gasteiger charge is 2.26. The molecule has 0 saturated carbocycles. The SMILES string of the molecule is COCCn1c(=NC(=O)CSCC(=O)Nc2sc3c(c2C(=O)OC)CCCCC3)sc2cc(OC)ccc21. The molecule has 2 aromatic heterocycles. The molecule has 204 valence electrons. The van der Waals surface area contributed by atoms with Gasteiger partial charge in [-0.25, -0.2) is 4.79 Å². The molecule has 0 saturated heterocycles. The Morgan fingerprint density at radius 3 is 2.66 bits per heavy atom. The number of hydrogen-bond donors (Lipinski definition) is 1. The fourth-order valence-electron chi connectivity index (χ4n) is 4.35. The van der Waals surface area contributed by atoms with E-state index in [0.29, 0.717) is 28.5 Å². The minimum Gasteiger partial charge on any atom is -0.497 e. The van der Waals surface area contributed by atoms with Crippen LogP contribution in [0.4, 0.5) is 5.00 Å². The molecule has 9 nitrogen and oxygen atoms in total. The van der Waals surface area contributed by atoms with Crippen LogP contribution >= 0.6 is 34.4 Å². The van der Waals surface area contributed by atoms with E-state index in [0.717, 1.165) is 58.5 Å². The van der Waals surface area contributed by atoms with Crippen molar-refractivity contribution in [3.63, 3.8) is 0 Å². The molecule has 2 amide bonds. The molecule has 1 aliphatic carbocycles. The van der Waals surface area contributed by atoms with E-state index in [2.05, 4.69) is 10.3 Å². The number of carbonyl (C=O) groups is 3. The van der Waals surface area contributed by atoms with Crippen LogP contribution in [0.3, 0.4) is 0 Å². The summed E-state index contributed by atoms with van der Waals surface area (Å²) in [6.45, 7) is 1.03. The van der Waals surface area contributed by atoms with Gasteiger partial charge < -0.3 is 24.1 Å². The number of rotatable bonds is 10. The topological polar surface area (TPSA) is 108 Å². The van der Waals surface area contributed by atoms with E-state index in [1.165, 1.54) is 41.5 Å². The number of carbonyl (C=O) groups excluding carboxylic acids is 3. The zero-order chi connectivity index (χ0) is 27.1. The van der Waals surface area contributed by atoms with Gasteiger partial charge >= 0.3 is 5.97 Å². The van der Waals surface area contributed by atoms with Crippen molar-refractivity contribution < 1.29 is 28.6 Å². The summed E-state index contributed by atoms with van der Waals surface area (Å²) >= 11 is 4.04. The summed E-state index contributed by atoms with van der Waals surface area (Å²) in [5.41, 5.74) is 2.42. The standard InChI is InChI=1S/C26H31N3O6S3/c1-33-12-11-29-18-10-9-16(34-2)13-20(18)38-26(29)28-22(31)15-36-14-21(30)27-24-23(25(32)35-3)17-7-5-4-6-8-19(17)37-24/h9-10,13H,4-8,11-12,14-15H2,1-3H3,(H,27,30). The number of amides is 2. The minimum atomic E-state index is -0.427. The molecule has 4 rings (SSSR count).